The largest absolute Gasteiger partial charge is 0.540 e. The number of benzene rings is 1. The molecule has 96 valence electrons. The summed E-state index contributed by atoms with van der Waals surface area (Å²) in [5.74, 6) is -1.87. The minimum Gasteiger partial charge on any atom is -0.540 e. The molecule has 17 heavy (non-hydrogen) atoms. The molecule has 5 heteroatoms. The predicted octanol–water partition coefficient (Wildman–Crippen LogP) is 3.93. The van der Waals surface area contributed by atoms with Gasteiger partial charge in [-0.25, -0.2) is 8.78 Å². The second kappa shape index (κ2) is 4.29. The lowest BCUT2D eigenvalue weighted by Crippen LogP contribution is -2.44. The average molecular weight is 259 g/mol. The summed E-state index contributed by atoms with van der Waals surface area (Å²) in [6, 6.07) is 2.32. The number of hydrogen-bond donors (Lipinski definition) is 1. The first-order chi connectivity index (χ1) is 7.56. The first kappa shape index (κ1) is 14.0. The van der Waals surface area contributed by atoms with Crippen LogP contribution < -0.4 is 10.2 Å². The molecule has 0 amide bonds. The zero-order valence-electron chi connectivity index (χ0n) is 10.9. The molecule has 0 atom stereocenters. The second-order valence-corrected chi connectivity index (χ2v) is 10.4. The van der Waals surface area contributed by atoms with Crippen LogP contribution in [0.4, 0.5) is 14.5 Å². The summed E-state index contributed by atoms with van der Waals surface area (Å²) in [5.41, 5.74) is 5.31. The molecule has 0 bridgehead atoms. The standard InChI is InChI=1S/C12H19F2NOSi/c1-12(2,3)17(4,5)16-11-8(13)6-7-9(15)10(11)14/h6-7H,15H2,1-5H3. The van der Waals surface area contributed by atoms with Gasteiger partial charge in [0.15, 0.2) is 17.4 Å². The van der Waals surface area contributed by atoms with Crippen molar-refractivity contribution in [3.05, 3.63) is 23.8 Å². The van der Waals surface area contributed by atoms with Crippen molar-refractivity contribution in [2.45, 2.75) is 38.9 Å². The van der Waals surface area contributed by atoms with Gasteiger partial charge in [-0.05, 0) is 30.3 Å². The van der Waals surface area contributed by atoms with Gasteiger partial charge in [-0.15, -0.1) is 0 Å². The van der Waals surface area contributed by atoms with Crippen LogP contribution in [0.3, 0.4) is 0 Å². The minimum absolute atomic E-state index is 0.0971. The molecule has 1 rings (SSSR count). The van der Waals surface area contributed by atoms with E-state index in [1.54, 1.807) is 0 Å². The van der Waals surface area contributed by atoms with Crippen molar-refractivity contribution >= 4 is 14.0 Å². The predicted molar refractivity (Wildman–Crippen MR) is 68.6 cm³/mol. The molecule has 0 aromatic heterocycles. The summed E-state index contributed by atoms with van der Waals surface area (Å²) >= 11 is 0. The Morgan fingerprint density at radius 1 is 1.18 bits per heavy atom. The van der Waals surface area contributed by atoms with E-state index in [2.05, 4.69) is 0 Å². The Morgan fingerprint density at radius 2 is 1.71 bits per heavy atom. The molecule has 1 aromatic carbocycles. The fourth-order valence-corrected chi connectivity index (χ4v) is 2.05. The molecule has 0 aliphatic rings. The molecule has 0 fully saturated rings. The fraction of sp³-hybridized carbons (Fsp3) is 0.500. The van der Waals surface area contributed by atoms with E-state index in [0.29, 0.717) is 0 Å². The van der Waals surface area contributed by atoms with Crippen LogP contribution in [-0.2, 0) is 0 Å². The Bertz CT molecular complexity index is 427. The maximum atomic E-state index is 13.7. The van der Waals surface area contributed by atoms with E-state index in [1.165, 1.54) is 6.07 Å². The van der Waals surface area contributed by atoms with E-state index < -0.39 is 20.0 Å². The second-order valence-electron chi connectivity index (χ2n) is 5.64. The Labute approximate surface area is 102 Å². The van der Waals surface area contributed by atoms with Crippen LogP contribution in [0.5, 0.6) is 5.75 Å². The van der Waals surface area contributed by atoms with Gasteiger partial charge in [0.2, 0.25) is 0 Å². The maximum absolute atomic E-state index is 13.7. The number of hydrogen-bond acceptors (Lipinski definition) is 2. The summed E-state index contributed by atoms with van der Waals surface area (Å²) in [5, 5.41) is -0.128. The van der Waals surface area contributed by atoms with Crippen molar-refractivity contribution in [2.75, 3.05) is 5.73 Å². The van der Waals surface area contributed by atoms with Crippen LogP contribution in [0.25, 0.3) is 0 Å². The third-order valence-corrected chi connectivity index (χ3v) is 7.57. The van der Waals surface area contributed by atoms with E-state index in [9.17, 15) is 8.78 Å². The Kier molecular flexibility index (Phi) is 3.52. The summed E-state index contributed by atoms with van der Waals surface area (Å²) in [7, 11) is -2.27. The van der Waals surface area contributed by atoms with Crippen LogP contribution in [0.2, 0.25) is 18.1 Å². The van der Waals surface area contributed by atoms with Crippen molar-refractivity contribution < 1.29 is 13.2 Å². The number of nitrogen functional groups attached to an aromatic ring is 1. The molecule has 0 saturated carbocycles. The number of rotatable bonds is 2. The van der Waals surface area contributed by atoms with E-state index in [-0.39, 0.29) is 16.5 Å². The number of anilines is 1. The van der Waals surface area contributed by atoms with Crippen LogP contribution >= 0.6 is 0 Å². The molecule has 2 nitrogen and oxygen atoms in total. The van der Waals surface area contributed by atoms with E-state index >= 15 is 0 Å². The number of nitrogens with two attached hydrogens (primary N) is 1. The van der Waals surface area contributed by atoms with Crippen LogP contribution in [0.15, 0.2) is 12.1 Å². The Hall–Kier alpha value is -1.10. The molecule has 0 aliphatic carbocycles. The molecule has 0 radical (unpaired) electrons. The van der Waals surface area contributed by atoms with Crippen molar-refractivity contribution in [3.8, 4) is 5.75 Å². The van der Waals surface area contributed by atoms with Gasteiger partial charge in [-0.1, -0.05) is 20.8 Å². The highest BCUT2D eigenvalue weighted by Crippen LogP contribution is 2.39. The molecular formula is C12H19F2NOSi. The zero-order chi connectivity index (χ0) is 13.4. The van der Waals surface area contributed by atoms with Gasteiger partial charge in [0, 0.05) is 0 Å². The molecule has 2 N–H and O–H groups in total. The van der Waals surface area contributed by atoms with Gasteiger partial charge < -0.3 is 10.2 Å². The smallest absolute Gasteiger partial charge is 0.250 e. The molecule has 0 saturated heterocycles. The summed E-state index contributed by atoms with van der Waals surface area (Å²) < 4.78 is 32.9. The van der Waals surface area contributed by atoms with Gasteiger partial charge >= 0.3 is 0 Å². The first-order valence-corrected chi connectivity index (χ1v) is 8.39. The lowest BCUT2D eigenvalue weighted by atomic mass is 10.2. The van der Waals surface area contributed by atoms with E-state index in [0.717, 1.165) is 6.07 Å². The topological polar surface area (TPSA) is 35.2 Å². The van der Waals surface area contributed by atoms with E-state index in [4.69, 9.17) is 10.2 Å². The normalized spacial score (nSPS) is 12.6. The summed E-state index contributed by atoms with van der Waals surface area (Å²) in [6.07, 6.45) is 0. The van der Waals surface area contributed by atoms with Gasteiger partial charge in [-0.2, -0.15) is 0 Å². The SMILES string of the molecule is CC(C)(C)[Si](C)(C)Oc1c(F)ccc(N)c1F. The Balaban J connectivity index is 3.16. The van der Waals surface area contributed by atoms with Crippen molar-refractivity contribution in [3.63, 3.8) is 0 Å². The highest BCUT2D eigenvalue weighted by Gasteiger charge is 2.40. The first-order valence-electron chi connectivity index (χ1n) is 5.49. The third-order valence-electron chi connectivity index (χ3n) is 3.24. The molecule has 0 spiro atoms. The Morgan fingerprint density at radius 3 is 2.18 bits per heavy atom. The van der Waals surface area contributed by atoms with Crippen molar-refractivity contribution in [1.29, 1.82) is 0 Å². The van der Waals surface area contributed by atoms with E-state index in [1.807, 2.05) is 33.9 Å². The van der Waals surface area contributed by atoms with Crippen molar-refractivity contribution in [1.82, 2.24) is 0 Å². The quantitative estimate of drug-likeness (QED) is 0.645. The minimum atomic E-state index is -2.27. The van der Waals surface area contributed by atoms with Gasteiger partial charge in [0.1, 0.15) is 0 Å². The van der Waals surface area contributed by atoms with Crippen LogP contribution in [0.1, 0.15) is 20.8 Å². The van der Waals surface area contributed by atoms with Crippen molar-refractivity contribution in [2.24, 2.45) is 0 Å². The third kappa shape index (κ3) is 2.77. The lowest BCUT2D eigenvalue weighted by molar-refractivity contribution is 0.425. The van der Waals surface area contributed by atoms with Gasteiger partial charge in [0.05, 0.1) is 5.69 Å². The monoisotopic (exact) mass is 259 g/mol. The number of halogens is 2. The van der Waals surface area contributed by atoms with Gasteiger partial charge in [0.25, 0.3) is 8.32 Å². The fourth-order valence-electron chi connectivity index (χ4n) is 1.05. The van der Waals surface area contributed by atoms with Gasteiger partial charge in [-0.3, -0.25) is 0 Å². The highest BCUT2D eigenvalue weighted by molar-refractivity contribution is 6.74. The zero-order valence-corrected chi connectivity index (χ0v) is 11.9. The van der Waals surface area contributed by atoms with Crippen LogP contribution in [0, 0.1) is 11.6 Å². The maximum Gasteiger partial charge on any atom is 0.250 e. The molecule has 1 aromatic rings. The summed E-state index contributed by atoms with van der Waals surface area (Å²) in [4.78, 5) is 0. The molecule has 0 heterocycles. The molecular weight excluding hydrogens is 240 g/mol. The summed E-state index contributed by atoms with van der Waals surface area (Å²) in [6.45, 7) is 9.86. The molecule has 0 aliphatic heterocycles. The average Bonchev–Trinajstić information content (AvgIpc) is 2.17. The van der Waals surface area contributed by atoms with Crippen LogP contribution in [-0.4, -0.2) is 8.32 Å². The lowest BCUT2D eigenvalue weighted by Gasteiger charge is -2.36. The highest BCUT2D eigenvalue weighted by atomic mass is 28.4. The molecule has 0 unspecified atom stereocenters.